The minimum absolute atomic E-state index is 0.0142. The van der Waals surface area contributed by atoms with Gasteiger partial charge in [0.2, 0.25) is 11.5 Å². The number of rotatable bonds is 8. The van der Waals surface area contributed by atoms with Crippen molar-refractivity contribution in [2.24, 2.45) is 11.7 Å². The zero-order chi connectivity index (χ0) is 33.2. The van der Waals surface area contributed by atoms with Crippen LogP contribution in [0.3, 0.4) is 0 Å². The van der Waals surface area contributed by atoms with Crippen molar-refractivity contribution in [1.29, 1.82) is 0 Å². The number of nitrogens with zero attached hydrogens (tertiary/aromatic N) is 2. The van der Waals surface area contributed by atoms with Crippen LogP contribution >= 0.6 is 11.6 Å². The molecule has 0 radical (unpaired) electrons. The number of carbonyl (C=O) groups excluding carboxylic acids is 2. The number of ether oxygens (including phenoxy) is 2. The van der Waals surface area contributed by atoms with Crippen LogP contribution in [-0.2, 0) is 15.8 Å². The molecule has 240 valence electrons. The molecule has 1 unspecified atom stereocenters. The SMILES string of the molecule is COc1cc(C(=O)NCC(O)(c2cc3c(c(-c4ccc(F)cc4)n2)OC[C@@]3(C(N)=O)C2CC2)C(F)(F)F)cc2cc(Cl)c(C)nc12. The maximum Gasteiger partial charge on any atom is 0.424 e. The lowest BCUT2D eigenvalue weighted by atomic mass is 9.76. The molecule has 0 spiro atoms. The summed E-state index contributed by atoms with van der Waals surface area (Å²) in [6, 6.07) is 9.95. The highest BCUT2D eigenvalue weighted by Gasteiger charge is 2.60. The fraction of sp³-hybridized carbons (Fsp3) is 0.312. The van der Waals surface area contributed by atoms with Crippen molar-refractivity contribution in [3.63, 3.8) is 0 Å². The Kier molecular flexibility index (Phi) is 7.59. The molecule has 9 nitrogen and oxygen atoms in total. The van der Waals surface area contributed by atoms with Crippen LogP contribution in [0.15, 0.2) is 48.5 Å². The Balaban J connectivity index is 1.44. The number of aromatic nitrogens is 2. The van der Waals surface area contributed by atoms with Crippen molar-refractivity contribution in [3.8, 4) is 22.8 Å². The summed E-state index contributed by atoms with van der Waals surface area (Å²) in [4.78, 5) is 34.7. The largest absolute Gasteiger partial charge is 0.494 e. The number of hydrogen-bond donors (Lipinski definition) is 3. The molecule has 1 aliphatic heterocycles. The normalized spacial score (nSPS) is 18.9. The third kappa shape index (κ3) is 5.07. The second-order valence-electron chi connectivity index (χ2n) is 11.5. The molecule has 3 heterocycles. The highest BCUT2D eigenvalue weighted by Crippen LogP contribution is 2.56. The van der Waals surface area contributed by atoms with Crippen molar-refractivity contribution in [2.45, 2.75) is 37.0 Å². The number of nitrogens with one attached hydrogen (secondary N) is 1. The number of aryl methyl sites for hydroxylation is 1. The monoisotopic (exact) mass is 658 g/mol. The Morgan fingerprint density at radius 2 is 1.85 bits per heavy atom. The molecular formula is C32H27ClF4N4O5. The molecule has 2 amide bonds. The van der Waals surface area contributed by atoms with E-state index in [0.29, 0.717) is 34.5 Å². The number of fused-ring (bicyclic) bond motifs is 2. The molecule has 46 heavy (non-hydrogen) atoms. The van der Waals surface area contributed by atoms with E-state index in [4.69, 9.17) is 26.8 Å². The topological polar surface area (TPSA) is 137 Å². The van der Waals surface area contributed by atoms with E-state index < -0.39 is 47.1 Å². The lowest BCUT2D eigenvalue weighted by molar-refractivity contribution is -0.265. The van der Waals surface area contributed by atoms with Crippen LogP contribution in [0.1, 0.15) is 40.2 Å². The van der Waals surface area contributed by atoms with E-state index >= 15 is 0 Å². The van der Waals surface area contributed by atoms with Crippen LogP contribution in [0.25, 0.3) is 22.2 Å². The first kappa shape index (κ1) is 31.5. The number of methoxy groups -OCH3 is 1. The van der Waals surface area contributed by atoms with E-state index in [1.54, 1.807) is 13.0 Å². The molecule has 1 fully saturated rings. The summed E-state index contributed by atoms with van der Waals surface area (Å²) in [5.41, 5.74) is 0.598. The molecule has 0 saturated heterocycles. The Labute approximate surface area is 264 Å². The van der Waals surface area contributed by atoms with Gasteiger partial charge in [0, 0.05) is 22.1 Å². The number of pyridine rings is 2. The smallest absolute Gasteiger partial charge is 0.424 e. The Morgan fingerprint density at radius 3 is 2.46 bits per heavy atom. The molecule has 1 saturated carbocycles. The third-order valence-corrected chi connectivity index (χ3v) is 9.00. The van der Waals surface area contributed by atoms with Crippen LogP contribution in [0.4, 0.5) is 17.6 Å². The minimum atomic E-state index is -5.37. The van der Waals surface area contributed by atoms with Crippen LogP contribution < -0.4 is 20.5 Å². The van der Waals surface area contributed by atoms with Gasteiger partial charge in [-0.1, -0.05) is 11.6 Å². The fourth-order valence-corrected chi connectivity index (χ4v) is 6.02. The molecule has 4 aromatic rings. The molecule has 2 aromatic heterocycles. The van der Waals surface area contributed by atoms with Gasteiger partial charge in [0.25, 0.3) is 5.91 Å². The number of halogens is 5. The van der Waals surface area contributed by atoms with Gasteiger partial charge in [0.05, 0.1) is 30.1 Å². The summed E-state index contributed by atoms with van der Waals surface area (Å²) in [6.45, 7) is 0.0919. The first-order chi connectivity index (χ1) is 21.7. The average Bonchev–Trinajstić information content (AvgIpc) is 3.79. The van der Waals surface area contributed by atoms with Gasteiger partial charge in [-0.3, -0.25) is 9.59 Å². The number of nitrogens with two attached hydrogens (primary N) is 1. The second-order valence-corrected chi connectivity index (χ2v) is 11.9. The molecule has 2 aromatic carbocycles. The Hall–Kier alpha value is -4.49. The maximum atomic E-state index is 14.9. The lowest BCUT2D eigenvalue weighted by Crippen LogP contribution is -2.52. The predicted molar refractivity (Wildman–Crippen MR) is 159 cm³/mol. The summed E-state index contributed by atoms with van der Waals surface area (Å²) < 4.78 is 69.6. The molecule has 6 rings (SSSR count). The summed E-state index contributed by atoms with van der Waals surface area (Å²) in [7, 11) is 1.35. The zero-order valence-electron chi connectivity index (χ0n) is 24.5. The van der Waals surface area contributed by atoms with Crippen LogP contribution in [0.5, 0.6) is 11.5 Å². The third-order valence-electron chi connectivity index (χ3n) is 8.62. The van der Waals surface area contributed by atoms with E-state index in [1.807, 2.05) is 0 Å². The minimum Gasteiger partial charge on any atom is -0.494 e. The van der Waals surface area contributed by atoms with Crippen LogP contribution in [0, 0.1) is 18.7 Å². The standard InChI is InChI=1S/C32H27ClF4N4O5/c1-15-22(33)10-17-9-18(11-23(45-2)25(17)40-15)28(42)39-13-31(44,32(35,36)37)24-12-21-27(26(41-24)16-3-7-20(34)8-4-16)46-14-30(21,29(38)43)19-5-6-19/h3-4,7-12,19,44H,5-6,13-14H2,1-2H3,(H2,38,43)(H,39,42)/t30-,31?/m1/s1. The number of primary amides is 1. The number of amides is 2. The number of benzene rings is 2. The Morgan fingerprint density at radius 1 is 1.15 bits per heavy atom. The van der Waals surface area contributed by atoms with Gasteiger partial charge in [-0.15, -0.1) is 0 Å². The average molecular weight is 659 g/mol. The first-order valence-corrected chi connectivity index (χ1v) is 14.5. The number of aliphatic hydroxyl groups is 1. The van der Waals surface area contributed by atoms with Gasteiger partial charge < -0.3 is 25.6 Å². The van der Waals surface area contributed by atoms with Crippen molar-refractivity contribution in [2.75, 3.05) is 20.3 Å². The van der Waals surface area contributed by atoms with Crippen LogP contribution in [-0.4, -0.2) is 53.3 Å². The lowest BCUT2D eigenvalue weighted by Gasteiger charge is -2.32. The molecular weight excluding hydrogens is 632 g/mol. The van der Waals surface area contributed by atoms with Crippen LogP contribution in [0.2, 0.25) is 5.02 Å². The van der Waals surface area contributed by atoms with Crippen molar-refractivity contribution < 1.29 is 41.7 Å². The number of carbonyl (C=O) groups is 2. The number of hydrogen-bond acceptors (Lipinski definition) is 7. The molecule has 2 atom stereocenters. The van der Waals surface area contributed by atoms with Gasteiger partial charge in [0.15, 0.2) is 0 Å². The Bertz CT molecular complexity index is 1900. The van der Waals surface area contributed by atoms with Gasteiger partial charge in [-0.25, -0.2) is 14.4 Å². The van der Waals surface area contributed by atoms with Crippen molar-refractivity contribution in [3.05, 3.63) is 81.9 Å². The summed E-state index contributed by atoms with van der Waals surface area (Å²) >= 11 is 6.20. The quantitative estimate of drug-likeness (QED) is 0.224. The van der Waals surface area contributed by atoms with Crippen molar-refractivity contribution in [1.82, 2.24) is 15.3 Å². The fourth-order valence-electron chi connectivity index (χ4n) is 5.86. The van der Waals surface area contributed by atoms with Gasteiger partial charge in [-0.2, -0.15) is 13.2 Å². The van der Waals surface area contributed by atoms with E-state index in [0.717, 1.165) is 18.2 Å². The van der Waals surface area contributed by atoms with Crippen molar-refractivity contribution >= 4 is 34.3 Å². The van der Waals surface area contributed by atoms with E-state index in [-0.39, 0.29) is 46.4 Å². The summed E-state index contributed by atoms with van der Waals surface area (Å²) in [6.07, 6.45) is -4.19. The highest BCUT2D eigenvalue weighted by molar-refractivity contribution is 6.31. The van der Waals surface area contributed by atoms with Gasteiger partial charge in [-0.05, 0) is 74.2 Å². The van der Waals surface area contributed by atoms with E-state index in [2.05, 4.69) is 15.3 Å². The molecule has 14 heteroatoms. The molecule has 2 aliphatic rings. The van der Waals surface area contributed by atoms with E-state index in [9.17, 15) is 32.3 Å². The maximum absolute atomic E-state index is 14.9. The van der Waals surface area contributed by atoms with E-state index in [1.165, 1.54) is 31.4 Å². The van der Waals surface area contributed by atoms with Gasteiger partial charge >= 0.3 is 6.18 Å². The molecule has 4 N–H and O–H groups in total. The zero-order valence-corrected chi connectivity index (χ0v) is 25.2. The summed E-state index contributed by atoms with van der Waals surface area (Å²) in [5, 5.41) is 14.3. The molecule has 1 aliphatic carbocycles. The highest BCUT2D eigenvalue weighted by atomic mass is 35.5. The first-order valence-electron chi connectivity index (χ1n) is 14.2. The van der Waals surface area contributed by atoms with Gasteiger partial charge in [0.1, 0.15) is 40.5 Å². The second kappa shape index (κ2) is 11.1. The molecule has 0 bridgehead atoms. The summed E-state index contributed by atoms with van der Waals surface area (Å²) in [5.74, 6) is -2.46. The number of alkyl halides is 3. The predicted octanol–water partition coefficient (Wildman–Crippen LogP) is 5.11.